The van der Waals surface area contributed by atoms with E-state index in [9.17, 15) is 0 Å². The minimum absolute atomic E-state index is 0.686. The van der Waals surface area contributed by atoms with E-state index in [0.717, 1.165) is 20.1 Å². The van der Waals surface area contributed by atoms with Crippen molar-refractivity contribution in [3.05, 3.63) is 28.3 Å². The van der Waals surface area contributed by atoms with E-state index in [1.165, 1.54) is 11.3 Å². The standard InChI is InChI=1S/C12H10BrN3O2S/c1-17-9-4-3-7(5-10(9)18-2)8-6-16-12(14-8)19-11(13)15-16/h3-6H,1-2H3. The number of imidazole rings is 1. The van der Waals surface area contributed by atoms with Crippen molar-refractivity contribution in [3.63, 3.8) is 0 Å². The third-order valence-electron chi connectivity index (χ3n) is 2.70. The van der Waals surface area contributed by atoms with E-state index in [1.807, 2.05) is 24.4 Å². The maximum atomic E-state index is 5.29. The van der Waals surface area contributed by atoms with Crippen LogP contribution in [0.3, 0.4) is 0 Å². The maximum absolute atomic E-state index is 5.29. The van der Waals surface area contributed by atoms with E-state index in [2.05, 4.69) is 26.0 Å². The lowest BCUT2D eigenvalue weighted by molar-refractivity contribution is 0.355. The van der Waals surface area contributed by atoms with E-state index < -0.39 is 0 Å². The molecule has 0 unspecified atom stereocenters. The Morgan fingerprint density at radius 1 is 1.21 bits per heavy atom. The van der Waals surface area contributed by atoms with Crippen molar-refractivity contribution in [2.75, 3.05) is 14.2 Å². The molecule has 5 nitrogen and oxygen atoms in total. The van der Waals surface area contributed by atoms with Crippen LogP contribution in [-0.4, -0.2) is 28.8 Å². The van der Waals surface area contributed by atoms with Crippen LogP contribution in [0.2, 0.25) is 0 Å². The molecule has 1 aromatic carbocycles. The zero-order valence-electron chi connectivity index (χ0n) is 10.3. The van der Waals surface area contributed by atoms with Gasteiger partial charge in [-0.05, 0) is 34.1 Å². The number of hydrogen-bond donors (Lipinski definition) is 0. The molecule has 19 heavy (non-hydrogen) atoms. The van der Waals surface area contributed by atoms with Crippen molar-refractivity contribution in [1.29, 1.82) is 0 Å². The van der Waals surface area contributed by atoms with Crippen LogP contribution in [-0.2, 0) is 0 Å². The third kappa shape index (κ3) is 2.19. The van der Waals surface area contributed by atoms with Crippen molar-refractivity contribution in [3.8, 4) is 22.8 Å². The summed E-state index contributed by atoms with van der Waals surface area (Å²) in [4.78, 5) is 5.37. The summed E-state index contributed by atoms with van der Waals surface area (Å²) >= 11 is 4.82. The highest BCUT2D eigenvalue weighted by Gasteiger charge is 2.11. The molecule has 0 fully saturated rings. The molecule has 3 rings (SSSR count). The SMILES string of the molecule is COc1ccc(-c2cn3nc(Br)sc3n2)cc1OC. The van der Waals surface area contributed by atoms with E-state index in [1.54, 1.807) is 18.7 Å². The highest BCUT2D eigenvalue weighted by atomic mass is 79.9. The lowest BCUT2D eigenvalue weighted by Gasteiger charge is -2.08. The Balaban J connectivity index is 2.07. The molecule has 98 valence electrons. The molecule has 0 saturated carbocycles. The predicted molar refractivity (Wildman–Crippen MR) is 77.1 cm³/mol. The second-order valence-corrected chi connectivity index (χ2v) is 6.01. The van der Waals surface area contributed by atoms with Gasteiger partial charge in [0, 0.05) is 5.56 Å². The summed E-state index contributed by atoms with van der Waals surface area (Å²) < 4.78 is 13.1. The fourth-order valence-electron chi connectivity index (χ4n) is 1.81. The lowest BCUT2D eigenvalue weighted by Crippen LogP contribution is -1.90. The molecule has 0 radical (unpaired) electrons. The molecule has 0 aliphatic heterocycles. The molecule has 0 aliphatic rings. The number of halogens is 1. The average molecular weight is 340 g/mol. The van der Waals surface area contributed by atoms with Gasteiger partial charge in [0.15, 0.2) is 15.4 Å². The first-order valence-electron chi connectivity index (χ1n) is 5.45. The minimum Gasteiger partial charge on any atom is -0.493 e. The lowest BCUT2D eigenvalue weighted by atomic mass is 10.1. The number of fused-ring (bicyclic) bond motifs is 1. The molecule has 0 bridgehead atoms. The van der Waals surface area contributed by atoms with Gasteiger partial charge in [-0.2, -0.15) is 0 Å². The van der Waals surface area contributed by atoms with E-state index >= 15 is 0 Å². The van der Waals surface area contributed by atoms with Crippen molar-refractivity contribution < 1.29 is 9.47 Å². The van der Waals surface area contributed by atoms with Gasteiger partial charge in [-0.25, -0.2) is 9.50 Å². The minimum atomic E-state index is 0.686. The number of benzene rings is 1. The van der Waals surface area contributed by atoms with E-state index in [0.29, 0.717) is 11.5 Å². The van der Waals surface area contributed by atoms with E-state index in [-0.39, 0.29) is 0 Å². The molecule has 3 aromatic rings. The number of hydrogen-bond acceptors (Lipinski definition) is 5. The van der Waals surface area contributed by atoms with Gasteiger partial charge in [0.05, 0.1) is 26.1 Å². The van der Waals surface area contributed by atoms with Gasteiger partial charge >= 0.3 is 0 Å². The summed E-state index contributed by atoms with van der Waals surface area (Å²) in [5.41, 5.74) is 1.82. The Kier molecular flexibility index (Phi) is 3.16. The van der Waals surface area contributed by atoms with Gasteiger partial charge in [0.25, 0.3) is 0 Å². The largest absolute Gasteiger partial charge is 0.493 e. The smallest absolute Gasteiger partial charge is 0.213 e. The zero-order valence-corrected chi connectivity index (χ0v) is 12.7. The summed E-state index contributed by atoms with van der Waals surface area (Å²) in [7, 11) is 3.23. The van der Waals surface area contributed by atoms with Crippen LogP contribution >= 0.6 is 27.3 Å². The normalized spacial score (nSPS) is 10.9. The molecule has 0 atom stereocenters. The first kappa shape index (κ1) is 12.4. The monoisotopic (exact) mass is 339 g/mol. The highest BCUT2D eigenvalue weighted by molar-refractivity contribution is 9.11. The van der Waals surface area contributed by atoms with Crippen LogP contribution in [0.15, 0.2) is 28.3 Å². The molecule has 0 saturated heterocycles. The second-order valence-electron chi connectivity index (χ2n) is 3.78. The fraction of sp³-hybridized carbons (Fsp3) is 0.167. The molecule has 0 spiro atoms. The predicted octanol–water partition coefficient (Wildman–Crippen LogP) is 3.24. The van der Waals surface area contributed by atoms with Crippen LogP contribution in [0, 0.1) is 0 Å². The number of aromatic nitrogens is 3. The van der Waals surface area contributed by atoms with Crippen molar-refractivity contribution >= 4 is 32.2 Å². The van der Waals surface area contributed by atoms with Crippen LogP contribution in [0.4, 0.5) is 0 Å². The topological polar surface area (TPSA) is 48.7 Å². The number of nitrogens with zero attached hydrogens (tertiary/aromatic N) is 3. The first-order valence-corrected chi connectivity index (χ1v) is 7.06. The second kappa shape index (κ2) is 4.82. The summed E-state index contributed by atoms with van der Waals surface area (Å²) in [6, 6.07) is 5.72. The van der Waals surface area contributed by atoms with Gasteiger partial charge in [0.1, 0.15) is 0 Å². The van der Waals surface area contributed by atoms with Gasteiger partial charge in [-0.3, -0.25) is 0 Å². The van der Waals surface area contributed by atoms with Crippen LogP contribution in [0.1, 0.15) is 0 Å². The molecule has 0 N–H and O–H groups in total. The van der Waals surface area contributed by atoms with Gasteiger partial charge in [-0.1, -0.05) is 11.3 Å². The molecule has 0 amide bonds. The summed E-state index contributed by atoms with van der Waals surface area (Å²) in [5.74, 6) is 1.39. The molecule has 2 aromatic heterocycles. The Bertz CT molecular complexity index is 706. The summed E-state index contributed by atoms with van der Waals surface area (Å²) in [6.45, 7) is 0. The van der Waals surface area contributed by atoms with Crippen LogP contribution in [0.25, 0.3) is 16.2 Å². The first-order chi connectivity index (χ1) is 9.21. The van der Waals surface area contributed by atoms with Crippen molar-refractivity contribution in [1.82, 2.24) is 14.6 Å². The number of methoxy groups -OCH3 is 2. The molecular formula is C12H10BrN3O2S. The van der Waals surface area contributed by atoms with Crippen molar-refractivity contribution in [2.24, 2.45) is 0 Å². The van der Waals surface area contributed by atoms with Crippen molar-refractivity contribution in [2.45, 2.75) is 0 Å². The van der Waals surface area contributed by atoms with Gasteiger partial charge in [0.2, 0.25) is 4.96 Å². The maximum Gasteiger partial charge on any atom is 0.213 e. The van der Waals surface area contributed by atoms with Crippen LogP contribution < -0.4 is 9.47 Å². The van der Waals surface area contributed by atoms with E-state index in [4.69, 9.17) is 9.47 Å². The number of ether oxygens (including phenoxy) is 2. The average Bonchev–Trinajstić information content (AvgIpc) is 2.95. The Labute approximate surface area is 121 Å². The highest BCUT2D eigenvalue weighted by Crippen LogP contribution is 2.32. The molecular weight excluding hydrogens is 330 g/mol. The summed E-state index contributed by atoms with van der Waals surface area (Å²) in [6.07, 6.45) is 1.89. The Morgan fingerprint density at radius 3 is 2.68 bits per heavy atom. The molecule has 7 heteroatoms. The number of rotatable bonds is 3. The Morgan fingerprint density at radius 2 is 2.00 bits per heavy atom. The molecule has 2 heterocycles. The van der Waals surface area contributed by atoms with Gasteiger partial charge < -0.3 is 9.47 Å². The van der Waals surface area contributed by atoms with Gasteiger partial charge in [-0.15, -0.1) is 5.10 Å². The quantitative estimate of drug-likeness (QED) is 0.734. The third-order valence-corrected chi connectivity index (χ3v) is 4.05. The summed E-state index contributed by atoms with van der Waals surface area (Å²) in [5, 5.41) is 4.27. The molecule has 0 aliphatic carbocycles. The fourth-order valence-corrected chi connectivity index (χ4v) is 3.03. The van der Waals surface area contributed by atoms with Crippen LogP contribution in [0.5, 0.6) is 11.5 Å². The Hall–Kier alpha value is -1.60. The zero-order chi connectivity index (χ0) is 13.4.